The summed E-state index contributed by atoms with van der Waals surface area (Å²) >= 11 is 0. The molecule has 0 heterocycles. The fourth-order valence-corrected chi connectivity index (χ4v) is 5.39. The Balaban J connectivity index is 1.93. The van der Waals surface area contributed by atoms with Crippen LogP contribution in [0.3, 0.4) is 0 Å². The number of carbonyl (C=O) groups is 2. The maximum atomic E-state index is 14.5. The van der Waals surface area contributed by atoms with E-state index in [-0.39, 0.29) is 24.2 Å². The molecule has 0 radical (unpaired) electrons. The molecule has 0 aromatic heterocycles. The normalized spacial score (nSPS) is 15.0. The number of halogens is 1. The van der Waals surface area contributed by atoms with Crippen LogP contribution in [0.2, 0.25) is 0 Å². The highest BCUT2D eigenvalue weighted by Crippen LogP contribution is 2.23. The second kappa shape index (κ2) is 11.7. The molecule has 0 unspecified atom stereocenters. The van der Waals surface area contributed by atoms with Gasteiger partial charge < -0.3 is 10.2 Å². The number of anilines is 1. The van der Waals surface area contributed by atoms with Crippen LogP contribution < -0.4 is 9.62 Å². The van der Waals surface area contributed by atoms with Crippen molar-refractivity contribution in [2.75, 3.05) is 17.1 Å². The van der Waals surface area contributed by atoms with E-state index in [4.69, 9.17) is 0 Å². The average molecular weight is 504 g/mol. The zero-order valence-electron chi connectivity index (χ0n) is 20.5. The first-order valence-corrected chi connectivity index (χ1v) is 13.8. The second-order valence-electron chi connectivity index (χ2n) is 9.15. The van der Waals surface area contributed by atoms with E-state index in [0.717, 1.165) is 53.4 Å². The maximum absolute atomic E-state index is 14.5. The molecule has 3 rings (SSSR count). The maximum Gasteiger partial charge on any atom is 0.244 e. The van der Waals surface area contributed by atoms with Gasteiger partial charge >= 0.3 is 0 Å². The Bertz CT molecular complexity index is 1150. The Morgan fingerprint density at radius 1 is 1.11 bits per heavy atom. The van der Waals surface area contributed by atoms with Gasteiger partial charge in [0.15, 0.2) is 0 Å². The lowest BCUT2D eigenvalue weighted by Crippen LogP contribution is -2.53. The molecule has 0 bridgehead atoms. The monoisotopic (exact) mass is 503 g/mol. The first-order chi connectivity index (χ1) is 16.6. The lowest BCUT2D eigenvalue weighted by molar-refractivity contribution is -0.140. The van der Waals surface area contributed by atoms with Gasteiger partial charge in [-0.25, -0.2) is 12.8 Å². The quantitative estimate of drug-likeness (QED) is 0.535. The predicted molar refractivity (Wildman–Crippen MR) is 135 cm³/mol. The Morgan fingerprint density at radius 3 is 2.40 bits per heavy atom. The van der Waals surface area contributed by atoms with Crippen molar-refractivity contribution in [1.29, 1.82) is 0 Å². The van der Waals surface area contributed by atoms with Gasteiger partial charge in [0.1, 0.15) is 18.4 Å². The Labute approximate surface area is 207 Å². The van der Waals surface area contributed by atoms with Crippen molar-refractivity contribution < 1.29 is 22.4 Å². The first kappa shape index (κ1) is 26.7. The van der Waals surface area contributed by atoms with E-state index in [1.165, 1.54) is 23.1 Å². The number of para-hydroxylation sites is 1. The highest BCUT2D eigenvalue weighted by Gasteiger charge is 2.33. The minimum atomic E-state index is -3.97. The number of hydrogen-bond acceptors (Lipinski definition) is 4. The number of hydrogen-bond donors (Lipinski definition) is 1. The lowest BCUT2D eigenvalue weighted by Gasteiger charge is -2.33. The van der Waals surface area contributed by atoms with Gasteiger partial charge in [0.25, 0.3) is 0 Å². The third kappa shape index (κ3) is 7.04. The van der Waals surface area contributed by atoms with Crippen LogP contribution in [0, 0.1) is 12.7 Å². The Morgan fingerprint density at radius 2 is 1.80 bits per heavy atom. The molecule has 2 amide bonds. The van der Waals surface area contributed by atoms with Gasteiger partial charge in [-0.3, -0.25) is 13.9 Å². The van der Waals surface area contributed by atoms with Crippen LogP contribution in [0.1, 0.15) is 50.2 Å². The number of aryl methyl sites for hydroxylation is 1. The number of rotatable bonds is 10. The number of sulfonamides is 1. The van der Waals surface area contributed by atoms with Gasteiger partial charge in [0, 0.05) is 12.6 Å². The summed E-state index contributed by atoms with van der Waals surface area (Å²) in [6.07, 6.45) is 5.21. The number of nitrogens with zero attached hydrogens (tertiary/aromatic N) is 2. The molecule has 190 valence electrons. The molecule has 0 aliphatic heterocycles. The molecule has 1 N–H and O–H groups in total. The second-order valence-corrected chi connectivity index (χ2v) is 11.1. The Hall–Kier alpha value is -2.94. The van der Waals surface area contributed by atoms with Gasteiger partial charge in [-0.15, -0.1) is 0 Å². The molecule has 7 nitrogen and oxygen atoms in total. The van der Waals surface area contributed by atoms with Crippen LogP contribution in [0.15, 0.2) is 48.5 Å². The summed E-state index contributed by atoms with van der Waals surface area (Å²) in [5.41, 5.74) is 1.62. The number of amides is 2. The SMILES string of the molecule is CC[C@H](C(=O)NC1CCCC1)N(Cc1cccc(C)c1)C(=O)CN(c1ccccc1F)S(C)(=O)=O. The van der Waals surface area contributed by atoms with Crippen molar-refractivity contribution in [3.05, 3.63) is 65.5 Å². The summed E-state index contributed by atoms with van der Waals surface area (Å²) in [5.74, 6) is -1.58. The summed E-state index contributed by atoms with van der Waals surface area (Å²) in [6.45, 7) is 3.27. The molecule has 1 aliphatic rings. The van der Waals surface area contributed by atoms with E-state index >= 15 is 0 Å². The molecule has 0 saturated heterocycles. The van der Waals surface area contributed by atoms with Crippen molar-refractivity contribution in [3.63, 3.8) is 0 Å². The van der Waals surface area contributed by atoms with Crippen LogP contribution in [-0.2, 0) is 26.2 Å². The van der Waals surface area contributed by atoms with Crippen molar-refractivity contribution in [2.45, 2.75) is 64.6 Å². The topological polar surface area (TPSA) is 86.8 Å². The summed E-state index contributed by atoms with van der Waals surface area (Å²) in [7, 11) is -3.97. The van der Waals surface area contributed by atoms with Gasteiger partial charge in [-0.2, -0.15) is 0 Å². The molecule has 1 atom stereocenters. The van der Waals surface area contributed by atoms with Crippen LogP contribution in [0.4, 0.5) is 10.1 Å². The number of benzene rings is 2. The largest absolute Gasteiger partial charge is 0.352 e. The highest BCUT2D eigenvalue weighted by atomic mass is 32.2. The molecule has 1 aliphatic carbocycles. The molecule has 2 aromatic rings. The first-order valence-electron chi connectivity index (χ1n) is 12.0. The van der Waals surface area contributed by atoms with Crippen molar-refractivity contribution >= 4 is 27.5 Å². The minimum absolute atomic E-state index is 0.0819. The van der Waals surface area contributed by atoms with Gasteiger partial charge in [-0.1, -0.05) is 61.7 Å². The van der Waals surface area contributed by atoms with E-state index in [9.17, 15) is 22.4 Å². The Kier molecular flexibility index (Phi) is 8.88. The number of nitrogens with one attached hydrogen (secondary N) is 1. The van der Waals surface area contributed by atoms with Gasteiger partial charge in [0.05, 0.1) is 11.9 Å². The molecule has 2 aromatic carbocycles. The van der Waals surface area contributed by atoms with Crippen LogP contribution in [0.5, 0.6) is 0 Å². The average Bonchev–Trinajstić information content (AvgIpc) is 3.30. The van der Waals surface area contributed by atoms with E-state index in [2.05, 4.69) is 5.32 Å². The summed E-state index contributed by atoms with van der Waals surface area (Å²) < 4.78 is 40.4. The van der Waals surface area contributed by atoms with Crippen LogP contribution in [-0.4, -0.2) is 50.0 Å². The third-order valence-electron chi connectivity index (χ3n) is 6.32. The predicted octanol–water partition coefficient (Wildman–Crippen LogP) is 3.77. The fourth-order valence-electron chi connectivity index (χ4n) is 4.54. The van der Waals surface area contributed by atoms with Crippen LogP contribution in [0.25, 0.3) is 0 Å². The van der Waals surface area contributed by atoms with Gasteiger partial charge in [0.2, 0.25) is 21.8 Å². The molecule has 1 fully saturated rings. The van der Waals surface area contributed by atoms with E-state index in [1.54, 1.807) is 0 Å². The molecular formula is C26H34FN3O4S. The number of carbonyl (C=O) groups excluding carboxylic acids is 2. The van der Waals surface area contributed by atoms with E-state index in [1.807, 2.05) is 38.1 Å². The van der Waals surface area contributed by atoms with Gasteiger partial charge in [-0.05, 0) is 43.9 Å². The standard InChI is InChI=1S/C26H34FN3O4S/c1-4-23(26(32)28-21-12-5-6-13-21)29(17-20-11-9-10-19(2)16-20)25(31)18-30(35(3,33)34)24-15-8-7-14-22(24)27/h7-11,14-16,21,23H,4-6,12-13,17-18H2,1-3H3,(H,28,32)/t23-/m1/s1. The molecule has 35 heavy (non-hydrogen) atoms. The smallest absolute Gasteiger partial charge is 0.244 e. The summed E-state index contributed by atoms with van der Waals surface area (Å²) in [6, 6.07) is 12.3. The molecule has 1 saturated carbocycles. The zero-order valence-corrected chi connectivity index (χ0v) is 21.4. The molecule has 9 heteroatoms. The third-order valence-corrected chi connectivity index (χ3v) is 7.45. The molecule has 0 spiro atoms. The minimum Gasteiger partial charge on any atom is -0.352 e. The van der Waals surface area contributed by atoms with E-state index in [0.29, 0.717) is 6.42 Å². The van der Waals surface area contributed by atoms with Crippen molar-refractivity contribution in [2.24, 2.45) is 0 Å². The lowest BCUT2D eigenvalue weighted by atomic mass is 10.1. The summed E-state index contributed by atoms with van der Waals surface area (Å²) in [5, 5.41) is 3.06. The van der Waals surface area contributed by atoms with E-state index < -0.39 is 34.3 Å². The zero-order chi connectivity index (χ0) is 25.6. The van der Waals surface area contributed by atoms with Crippen LogP contribution >= 0.6 is 0 Å². The fraction of sp³-hybridized carbons (Fsp3) is 0.462. The van der Waals surface area contributed by atoms with Crippen molar-refractivity contribution in [3.8, 4) is 0 Å². The van der Waals surface area contributed by atoms with Crippen molar-refractivity contribution in [1.82, 2.24) is 10.2 Å². The summed E-state index contributed by atoms with van der Waals surface area (Å²) in [4.78, 5) is 28.3. The molecular weight excluding hydrogens is 469 g/mol. The highest BCUT2D eigenvalue weighted by molar-refractivity contribution is 7.92.